The second-order valence-corrected chi connectivity index (χ2v) is 4.61. The lowest BCUT2D eigenvalue weighted by Crippen LogP contribution is -2.49. The van der Waals surface area contributed by atoms with Gasteiger partial charge in [-0.25, -0.2) is 0 Å². The minimum Gasteiger partial charge on any atom is -0.480 e. The van der Waals surface area contributed by atoms with Crippen molar-refractivity contribution in [1.82, 2.24) is 4.90 Å². The molecule has 2 aliphatic rings. The van der Waals surface area contributed by atoms with Gasteiger partial charge in [0.2, 0.25) is 0 Å². The van der Waals surface area contributed by atoms with Gasteiger partial charge < -0.3 is 15.3 Å². The molecule has 0 unspecified atom stereocenters. The quantitative estimate of drug-likeness (QED) is 0.537. The average molecular weight is 215 g/mol. The molecule has 5 atom stereocenters. The van der Waals surface area contributed by atoms with Crippen molar-refractivity contribution in [3.63, 3.8) is 0 Å². The van der Waals surface area contributed by atoms with E-state index in [9.17, 15) is 15.0 Å². The summed E-state index contributed by atoms with van der Waals surface area (Å²) in [5.74, 6) is -0.800. The fourth-order valence-corrected chi connectivity index (χ4v) is 2.97. The van der Waals surface area contributed by atoms with Gasteiger partial charge in [-0.1, -0.05) is 6.92 Å². The van der Waals surface area contributed by atoms with Gasteiger partial charge >= 0.3 is 5.97 Å². The maximum atomic E-state index is 11.0. The van der Waals surface area contributed by atoms with Crippen molar-refractivity contribution in [1.29, 1.82) is 0 Å². The molecular weight excluding hydrogens is 198 g/mol. The topological polar surface area (TPSA) is 81.0 Å². The van der Waals surface area contributed by atoms with E-state index in [0.29, 0.717) is 6.54 Å². The van der Waals surface area contributed by atoms with Gasteiger partial charge in [-0.3, -0.25) is 9.69 Å². The van der Waals surface area contributed by atoms with Gasteiger partial charge in [-0.15, -0.1) is 0 Å². The van der Waals surface area contributed by atoms with E-state index in [2.05, 4.69) is 0 Å². The molecule has 2 aliphatic heterocycles. The summed E-state index contributed by atoms with van der Waals surface area (Å²) < 4.78 is 0. The van der Waals surface area contributed by atoms with Crippen LogP contribution in [0, 0.1) is 5.92 Å². The molecule has 15 heavy (non-hydrogen) atoms. The number of carbonyl (C=O) groups is 1. The monoisotopic (exact) mass is 215 g/mol. The molecule has 2 rings (SSSR count). The minimum absolute atomic E-state index is 0.199. The Bertz CT molecular complexity index is 270. The highest BCUT2D eigenvalue weighted by Crippen LogP contribution is 2.35. The molecule has 0 spiro atoms. The second-order valence-electron chi connectivity index (χ2n) is 4.61. The summed E-state index contributed by atoms with van der Waals surface area (Å²) in [6, 6.07) is -1.14. The van der Waals surface area contributed by atoms with Gasteiger partial charge in [0.05, 0.1) is 6.10 Å². The number of hydrogen-bond donors (Lipinski definition) is 3. The van der Waals surface area contributed by atoms with Crippen molar-refractivity contribution in [2.45, 2.75) is 44.1 Å². The first-order valence-corrected chi connectivity index (χ1v) is 5.38. The van der Waals surface area contributed by atoms with Crippen molar-refractivity contribution in [2.75, 3.05) is 6.54 Å². The van der Waals surface area contributed by atoms with Crippen LogP contribution >= 0.6 is 0 Å². The third-order valence-electron chi connectivity index (χ3n) is 3.68. The first kappa shape index (κ1) is 10.9. The number of aliphatic hydroxyl groups is 2. The molecule has 0 bridgehead atoms. The molecule has 0 aromatic heterocycles. The van der Waals surface area contributed by atoms with E-state index < -0.39 is 24.2 Å². The third kappa shape index (κ3) is 1.55. The van der Waals surface area contributed by atoms with Crippen molar-refractivity contribution < 1.29 is 20.1 Å². The van der Waals surface area contributed by atoms with Gasteiger partial charge in [0.25, 0.3) is 0 Å². The fraction of sp³-hybridized carbons (Fsp3) is 0.900. The molecule has 5 heteroatoms. The molecule has 0 amide bonds. The summed E-state index contributed by atoms with van der Waals surface area (Å²) in [5, 5.41) is 28.5. The Labute approximate surface area is 88.3 Å². The molecule has 86 valence electrons. The zero-order chi connectivity index (χ0) is 11.2. The van der Waals surface area contributed by atoms with E-state index in [4.69, 9.17) is 5.11 Å². The number of fused-ring (bicyclic) bond motifs is 1. The Morgan fingerprint density at radius 1 is 1.33 bits per heavy atom. The zero-order valence-corrected chi connectivity index (χ0v) is 8.71. The van der Waals surface area contributed by atoms with Crippen LogP contribution < -0.4 is 0 Å². The number of carboxylic acid groups (broad SMARTS) is 1. The highest BCUT2D eigenvalue weighted by Gasteiger charge is 2.53. The Morgan fingerprint density at radius 3 is 2.60 bits per heavy atom. The molecule has 0 radical (unpaired) electrons. The zero-order valence-electron chi connectivity index (χ0n) is 8.71. The molecule has 0 aromatic carbocycles. The number of hydrogen-bond acceptors (Lipinski definition) is 4. The van der Waals surface area contributed by atoms with Gasteiger partial charge in [0, 0.05) is 6.04 Å². The molecule has 2 heterocycles. The minimum atomic E-state index is -1.16. The van der Waals surface area contributed by atoms with E-state index >= 15 is 0 Å². The number of aliphatic hydroxyl groups excluding tert-OH is 2. The van der Waals surface area contributed by atoms with Gasteiger partial charge in [-0.05, 0) is 25.3 Å². The molecule has 2 saturated heterocycles. The Morgan fingerprint density at radius 2 is 2.00 bits per heavy atom. The lowest BCUT2D eigenvalue weighted by molar-refractivity contribution is -0.146. The van der Waals surface area contributed by atoms with Crippen LogP contribution in [0.5, 0.6) is 0 Å². The maximum Gasteiger partial charge on any atom is 0.323 e. The summed E-state index contributed by atoms with van der Waals surface area (Å²) in [5.41, 5.74) is 0. The van der Waals surface area contributed by atoms with Crippen molar-refractivity contribution in [3.05, 3.63) is 0 Å². The first-order valence-electron chi connectivity index (χ1n) is 5.38. The number of aliphatic carboxylic acids is 1. The standard InChI is InChI=1S/C10H17NO4/c1-5-3-2-4-11-6(5)8(12)9(13)7(11)10(14)15/h5-9,12-13H,2-4H2,1H3,(H,14,15)/t5-,6-,7-,8+,9-/m0/s1. The smallest absolute Gasteiger partial charge is 0.323 e. The summed E-state index contributed by atoms with van der Waals surface area (Å²) in [6.45, 7) is 2.65. The van der Waals surface area contributed by atoms with Crippen LogP contribution in [0.25, 0.3) is 0 Å². The van der Waals surface area contributed by atoms with Crippen LogP contribution in [-0.2, 0) is 4.79 Å². The highest BCUT2D eigenvalue weighted by molar-refractivity contribution is 5.75. The van der Waals surface area contributed by atoms with E-state index in [1.54, 1.807) is 4.90 Å². The van der Waals surface area contributed by atoms with Crippen LogP contribution in [0.2, 0.25) is 0 Å². The predicted octanol–water partition coefficient (Wildman–Crippen LogP) is -0.725. The van der Waals surface area contributed by atoms with E-state index in [1.165, 1.54) is 0 Å². The maximum absolute atomic E-state index is 11.0. The molecular formula is C10H17NO4. The third-order valence-corrected chi connectivity index (χ3v) is 3.68. The number of piperidine rings is 1. The van der Waals surface area contributed by atoms with Crippen molar-refractivity contribution in [3.8, 4) is 0 Å². The van der Waals surface area contributed by atoms with E-state index in [0.717, 1.165) is 12.8 Å². The molecule has 0 aromatic rings. The lowest BCUT2D eigenvalue weighted by Gasteiger charge is -2.37. The SMILES string of the molecule is C[C@H]1CCCN2[C@@H]1[C@@H](O)[C@@H](O)[C@H]2C(=O)O. The van der Waals surface area contributed by atoms with Crippen LogP contribution in [-0.4, -0.2) is 57.0 Å². The molecule has 0 saturated carbocycles. The van der Waals surface area contributed by atoms with Gasteiger partial charge in [-0.2, -0.15) is 0 Å². The number of carboxylic acids is 1. The average Bonchev–Trinajstić information content (AvgIpc) is 2.41. The first-order chi connectivity index (χ1) is 7.04. The lowest BCUT2D eigenvalue weighted by atomic mass is 9.89. The fourth-order valence-electron chi connectivity index (χ4n) is 2.97. The normalized spacial score (nSPS) is 46.5. The second kappa shape index (κ2) is 3.73. The van der Waals surface area contributed by atoms with Gasteiger partial charge in [0.1, 0.15) is 12.1 Å². The molecule has 3 N–H and O–H groups in total. The van der Waals surface area contributed by atoms with Crippen LogP contribution in [0.4, 0.5) is 0 Å². The van der Waals surface area contributed by atoms with Crippen molar-refractivity contribution >= 4 is 5.97 Å². The Kier molecular flexibility index (Phi) is 2.70. The molecule has 5 nitrogen and oxygen atoms in total. The summed E-state index contributed by atoms with van der Waals surface area (Å²) >= 11 is 0. The summed E-state index contributed by atoms with van der Waals surface area (Å²) in [7, 11) is 0. The van der Waals surface area contributed by atoms with E-state index in [-0.39, 0.29) is 12.0 Å². The van der Waals surface area contributed by atoms with Crippen LogP contribution in [0.1, 0.15) is 19.8 Å². The number of rotatable bonds is 1. The Hall–Kier alpha value is -0.650. The van der Waals surface area contributed by atoms with Crippen molar-refractivity contribution in [2.24, 2.45) is 5.92 Å². The highest BCUT2D eigenvalue weighted by atomic mass is 16.4. The Balaban J connectivity index is 2.26. The summed E-state index contributed by atoms with van der Waals surface area (Å²) in [6.07, 6.45) is -0.174. The van der Waals surface area contributed by atoms with E-state index in [1.807, 2.05) is 6.92 Å². The largest absolute Gasteiger partial charge is 0.480 e. The van der Waals surface area contributed by atoms with Crippen LogP contribution in [0.3, 0.4) is 0 Å². The predicted molar refractivity (Wildman–Crippen MR) is 52.3 cm³/mol. The van der Waals surface area contributed by atoms with Crippen LogP contribution in [0.15, 0.2) is 0 Å². The molecule has 0 aliphatic carbocycles. The van der Waals surface area contributed by atoms with Gasteiger partial charge in [0.15, 0.2) is 0 Å². The summed E-state index contributed by atoms with van der Waals surface area (Å²) in [4.78, 5) is 12.7. The molecule has 2 fully saturated rings. The number of nitrogens with zero attached hydrogens (tertiary/aromatic N) is 1.